The Labute approximate surface area is 111 Å². The average Bonchev–Trinajstić information content (AvgIpc) is 2.77. The molecule has 0 aromatic carbocycles. The van der Waals surface area contributed by atoms with Crippen molar-refractivity contribution in [2.24, 2.45) is 5.92 Å². The molecule has 1 N–H and O–H groups in total. The molecule has 1 aliphatic carbocycles. The van der Waals surface area contributed by atoms with Gasteiger partial charge in [0.1, 0.15) is 0 Å². The number of carbonyl (C=O) groups excluding carboxylic acids is 1. The summed E-state index contributed by atoms with van der Waals surface area (Å²) in [5.41, 5.74) is 0. The van der Waals surface area contributed by atoms with E-state index in [1.54, 1.807) is 0 Å². The molecule has 1 saturated carbocycles. The summed E-state index contributed by atoms with van der Waals surface area (Å²) < 4.78 is 0. The summed E-state index contributed by atoms with van der Waals surface area (Å²) in [5, 5.41) is 9.50. The molecule has 2 fully saturated rings. The van der Waals surface area contributed by atoms with Gasteiger partial charge in [0, 0.05) is 19.0 Å². The van der Waals surface area contributed by atoms with Crippen molar-refractivity contribution in [3.63, 3.8) is 0 Å². The Bertz CT molecular complexity index is 272. The molecule has 0 aromatic rings. The number of carbonyl (C=O) groups is 1. The molecule has 1 amide bonds. The zero-order valence-corrected chi connectivity index (χ0v) is 11.6. The second kappa shape index (κ2) is 6.55. The molecule has 2 rings (SSSR count). The van der Waals surface area contributed by atoms with E-state index in [-0.39, 0.29) is 6.10 Å². The molecule has 18 heavy (non-hydrogen) atoms. The number of rotatable bonds is 4. The summed E-state index contributed by atoms with van der Waals surface area (Å²) in [6, 6.07) is 0.293. The number of likely N-dealkylation sites (tertiary alicyclic amines) is 1. The van der Waals surface area contributed by atoms with Gasteiger partial charge in [-0.2, -0.15) is 0 Å². The molecular formula is C15H27NO2. The van der Waals surface area contributed by atoms with Crippen LogP contribution in [0.2, 0.25) is 0 Å². The Morgan fingerprint density at radius 3 is 2.61 bits per heavy atom. The van der Waals surface area contributed by atoms with Crippen LogP contribution in [-0.4, -0.2) is 34.6 Å². The smallest absolute Gasteiger partial charge is 0.223 e. The zero-order chi connectivity index (χ0) is 13.0. The molecule has 3 heteroatoms. The second-order valence-electron chi connectivity index (χ2n) is 6.18. The van der Waals surface area contributed by atoms with E-state index in [1.807, 2.05) is 11.8 Å². The van der Waals surface area contributed by atoms with Crippen molar-refractivity contribution in [3.8, 4) is 0 Å². The third-order valence-corrected chi connectivity index (χ3v) is 4.50. The molecule has 1 heterocycles. The van der Waals surface area contributed by atoms with Crippen LogP contribution in [0.3, 0.4) is 0 Å². The van der Waals surface area contributed by atoms with E-state index >= 15 is 0 Å². The van der Waals surface area contributed by atoms with Gasteiger partial charge in [-0.3, -0.25) is 4.79 Å². The molecule has 0 bridgehead atoms. The number of hydrogen-bond acceptors (Lipinski definition) is 2. The van der Waals surface area contributed by atoms with Crippen LogP contribution in [0, 0.1) is 5.92 Å². The van der Waals surface area contributed by atoms with Crippen LogP contribution in [0.15, 0.2) is 0 Å². The number of aliphatic hydroxyl groups is 1. The highest BCUT2D eigenvalue weighted by Gasteiger charge is 2.30. The van der Waals surface area contributed by atoms with Gasteiger partial charge in [0.15, 0.2) is 0 Å². The topological polar surface area (TPSA) is 40.5 Å². The first kappa shape index (κ1) is 13.9. The minimum Gasteiger partial charge on any atom is -0.393 e. The van der Waals surface area contributed by atoms with E-state index in [0.29, 0.717) is 17.9 Å². The van der Waals surface area contributed by atoms with Crippen LogP contribution in [0.1, 0.15) is 64.7 Å². The Hall–Kier alpha value is -0.570. The predicted molar refractivity (Wildman–Crippen MR) is 72.2 cm³/mol. The van der Waals surface area contributed by atoms with E-state index < -0.39 is 0 Å². The lowest BCUT2D eigenvalue weighted by molar-refractivity contribution is -0.133. The third kappa shape index (κ3) is 3.71. The first-order valence-corrected chi connectivity index (χ1v) is 7.64. The maximum Gasteiger partial charge on any atom is 0.223 e. The zero-order valence-electron chi connectivity index (χ0n) is 11.6. The predicted octanol–water partition coefficient (Wildman–Crippen LogP) is 2.72. The summed E-state index contributed by atoms with van der Waals surface area (Å²) in [4.78, 5) is 14.4. The largest absolute Gasteiger partial charge is 0.393 e. The van der Waals surface area contributed by atoms with Gasteiger partial charge in [-0.05, 0) is 44.9 Å². The minimum absolute atomic E-state index is 0.293. The van der Waals surface area contributed by atoms with E-state index in [4.69, 9.17) is 0 Å². The fraction of sp³-hybridized carbons (Fsp3) is 0.933. The van der Waals surface area contributed by atoms with Crippen LogP contribution in [0.5, 0.6) is 0 Å². The fourth-order valence-electron chi connectivity index (χ4n) is 3.56. The van der Waals surface area contributed by atoms with Gasteiger partial charge in [-0.15, -0.1) is 0 Å². The summed E-state index contributed by atoms with van der Waals surface area (Å²) >= 11 is 0. The fourth-order valence-corrected chi connectivity index (χ4v) is 3.56. The van der Waals surface area contributed by atoms with E-state index in [0.717, 1.165) is 32.2 Å². The van der Waals surface area contributed by atoms with Crippen molar-refractivity contribution in [2.75, 3.05) is 6.54 Å². The van der Waals surface area contributed by atoms with E-state index in [2.05, 4.69) is 0 Å². The summed E-state index contributed by atoms with van der Waals surface area (Å²) in [7, 11) is 0. The van der Waals surface area contributed by atoms with E-state index in [9.17, 15) is 9.90 Å². The first-order chi connectivity index (χ1) is 8.66. The van der Waals surface area contributed by atoms with Crippen LogP contribution in [-0.2, 0) is 4.79 Å². The van der Waals surface area contributed by atoms with Crippen molar-refractivity contribution in [2.45, 2.75) is 76.9 Å². The number of hydrogen-bond donors (Lipinski definition) is 1. The van der Waals surface area contributed by atoms with Crippen LogP contribution >= 0.6 is 0 Å². The first-order valence-electron chi connectivity index (χ1n) is 7.64. The molecule has 1 aliphatic heterocycles. The van der Waals surface area contributed by atoms with Crippen molar-refractivity contribution in [1.29, 1.82) is 0 Å². The molecule has 3 nitrogen and oxygen atoms in total. The molecule has 104 valence electrons. The number of nitrogens with zero attached hydrogens (tertiary/aromatic N) is 1. The normalized spacial score (nSPS) is 27.4. The van der Waals surface area contributed by atoms with Crippen LogP contribution in [0.4, 0.5) is 0 Å². The van der Waals surface area contributed by atoms with Crippen molar-refractivity contribution >= 4 is 5.91 Å². The van der Waals surface area contributed by atoms with Gasteiger partial charge < -0.3 is 10.0 Å². The standard InChI is InChI=1S/C15H27NO2/c1-12(17)10-14-8-5-9-16(14)15(18)11-13-6-3-2-4-7-13/h12-14,17H,2-11H2,1H3. The van der Waals surface area contributed by atoms with Crippen molar-refractivity contribution in [3.05, 3.63) is 0 Å². The molecule has 1 saturated heterocycles. The Morgan fingerprint density at radius 1 is 1.22 bits per heavy atom. The van der Waals surface area contributed by atoms with Crippen molar-refractivity contribution in [1.82, 2.24) is 4.90 Å². The molecule has 2 unspecified atom stereocenters. The summed E-state index contributed by atoms with van der Waals surface area (Å²) in [5.74, 6) is 0.962. The van der Waals surface area contributed by atoms with Gasteiger partial charge in [-0.1, -0.05) is 19.3 Å². The Morgan fingerprint density at radius 2 is 1.94 bits per heavy atom. The maximum atomic E-state index is 12.3. The van der Waals surface area contributed by atoms with Crippen molar-refractivity contribution < 1.29 is 9.90 Å². The van der Waals surface area contributed by atoms with E-state index in [1.165, 1.54) is 32.1 Å². The molecule has 0 spiro atoms. The van der Waals surface area contributed by atoms with Crippen LogP contribution in [0.25, 0.3) is 0 Å². The lowest BCUT2D eigenvalue weighted by Crippen LogP contribution is -2.38. The van der Waals surface area contributed by atoms with Gasteiger partial charge in [0.05, 0.1) is 6.10 Å². The number of aliphatic hydroxyl groups excluding tert-OH is 1. The van der Waals surface area contributed by atoms with Gasteiger partial charge >= 0.3 is 0 Å². The Balaban J connectivity index is 1.83. The minimum atomic E-state index is -0.293. The lowest BCUT2D eigenvalue weighted by Gasteiger charge is -2.28. The highest BCUT2D eigenvalue weighted by Crippen LogP contribution is 2.29. The lowest BCUT2D eigenvalue weighted by atomic mass is 9.86. The average molecular weight is 253 g/mol. The molecule has 2 aliphatic rings. The molecule has 0 aromatic heterocycles. The summed E-state index contributed by atoms with van der Waals surface area (Å²) in [6.45, 7) is 2.73. The number of amides is 1. The Kier molecular flexibility index (Phi) is 5.04. The quantitative estimate of drug-likeness (QED) is 0.837. The molecule has 0 radical (unpaired) electrons. The van der Waals surface area contributed by atoms with Gasteiger partial charge in [-0.25, -0.2) is 0 Å². The maximum absolute atomic E-state index is 12.3. The monoisotopic (exact) mass is 253 g/mol. The molecular weight excluding hydrogens is 226 g/mol. The SMILES string of the molecule is CC(O)CC1CCCN1C(=O)CC1CCCCC1. The van der Waals surface area contributed by atoms with Crippen LogP contribution < -0.4 is 0 Å². The van der Waals surface area contributed by atoms with Gasteiger partial charge in [0.2, 0.25) is 5.91 Å². The summed E-state index contributed by atoms with van der Waals surface area (Å²) in [6.07, 6.45) is 9.80. The highest BCUT2D eigenvalue weighted by atomic mass is 16.3. The second-order valence-corrected chi connectivity index (χ2v) is 6.18. The highest BCUT2D eigenvalue weighted by molar-refractivity contribution is 5.77. The van der Waals surface area contributed by atoms with Gasteiger partial charge in [0.25, 0.3) is 0 Å². The third-order valence-electron chi connectivity index (χ3n) is 4.50. The molecule has 2 atom stereocenters.